The minimum Gasteiger partial charge on any atom is -0.497 e. The minimum absolute atomic E-state index is 0.0218. The molecule has 5 nitrogen and oxygen atoms in total. The van der Waals surface area contributed by atoms with E-state index >= 15 is 0 Å². The summed E-state index contributed by atoms with van der Waals surface area (Å²) in [6.07, 6.45) is 3.18. The average molecular weight is 314 g/mol. The highest BCUT2D eigenvalue weighted by Crippen LogP contribution is 2.33. The number of rotatable bonds is 5. The fourth-order valence-electron chi connectivity index (χ4n) is 3.03. The normalized spacial score (nSPS) is 17.5. The van der Waals surface area contributed by atoms with Crippen molar-refractivity contribution in [3.8, 4) is 5.75 Å². The highest BCUT2D eigenvalue weighted by Gasteiger charge is 2.32. The van der Waals surface area contributed by atoms with Crippen LogP contribution in [-0.2, 0) is 17.6 Å². The summed E-state index contributed by atoms with van der Waals surface area (Å²) >= 11 is 0. The van der Waals surface area contributed by atoms with Crippen LogP contribution in [0, 0.1) is 0 Å². The number of aryl methyl sites for hydroxylation is 1. The summed E-state index contributed by atoms with van der Waals surface area (Å²) in [6.45, 7) is 2.82. The fraction of sp³-hybridized carbons (Fsp3) is 0.444. The molecule has 0 radical (unpaired) electrons. The molecule has 1 atom stereocenters. The molecule has 1 aliphatic rings. The lowest BCUT2D eigenvalue weighted by Crippen LogP contribution is -2.31. The Hall–Kier alpha value is -2.30. The molecule has 0 bridgehead atoms. The zero-order chi connectivity index (χ0) is 16.2. The second-order valence-electron chi connectivity index (χ2n) is 5.84. The van der Waals surface area contributed by atoms with Gasteiger partial charge >= 0.3 is 0 Å². The van der Waals surface area contributed by atoms with Crippen LogP contribution in [-0.4, -0.2) is 29.6 Å². The van der Waals surface area contributed by atoms with Crippen molar-refractivity contribution in [1.82, 2.24) is 10.1 Å². The Morgan fingerprint density at radius 1 is 1.39 bits per heavy atom. The monoisotopic (exact) mass is 314 g/mol. The quantitative estimate of drug-likeness (QED) is 0.850. The molecule has 1 aromatic heterocycles. The maximum absolute atomic E-state index is 12.7. The largest absolute Gasteiger partial charge is 0.497 e. The van der Waals surface area contributed by atoms with Crippen LogP contribution in [0.25, 0.3) is 0 Å². The van der Waals surface area contributed by atoms with Crippen molar-refractivity contribution in [3.63, 3.8) is 0 Å². The van der Waals surface area contributed by atoms with Crippen molar-refractivity contribution in [3.05, 3.63) is 47.3 Å². The molecule has 1 amide bonds. The van der Waals surface area contributed by atoms with E-state index in [4.69, 9.17) is 9.26 Å². The first-order valence-electron chi connectivity index (χ1n) is 8.09. The maximum Gasteiger partial charge on any atom is 0.227 e. The summed E-state index contributed by atoms with van der Waals surface area (Å²) < 4.78 is 10.6. The number of amides is 1. The van der Waals surface area contributed by atoms with Gasteiger partial charge in [0.05, 0.1) is 25.3 Å². The first-order chi connectivity index (χ1) is 11.2. The zero-order valence-electron chi connectivity index (χ0n) is 13.6. The third kappa shape index (κ3) is 3.38. The molecule has 23 heavy (non-hydrogen) atoms. The van der Waals surface area contributed by atoms with E-state index in [0.717, 1.165) is 48.6 Å². The van der Waals surface area contributed by atoms with Crippen molar-refractivity contribution in [2.75, 3.05) is 13.7 Å². The SMILES string of the molecule is CCc1cc([C@H]2CCCN2C(=O)Cc2ccc(OC)cc2)on1. The van der Waals surface area contributed by atoms with E-state index in [0.29, 0.717) is 6.42 Å². The molecule has 2 aromatic rings. The van der Waals surface area contributed by atoms with Crippen LogP contribution in [0.5, 0.6) is 5.75 Å². The summed E-state index contributed by atoms with van der Waals surface area (Å²) in [4.78, 5) is 14.6. The Labute approximate surface area is 136 Å². The second kappa shape index (κ2) is 6.86. The van der Waals surface area contributed by atoms with Gasteiger partial charge < -0.3 is 14.2 Å². The topological polar surface area (TPSA) is 55.6 Å². The van der Waals surface area contributed by atoms with Gasteiger partial charge in [-0.05, 0) is 37.0 Å². The molecule has 0 saturated carbocycles. The number of carbonyl (C=O) groups excluding carboxylic acids is 1. The maximum atomic E-state index is 12.7. The van der Waals surface area contributed by atoms with Crippen LogP contribution in [0.1, 0.15) is 42.8 Å². The number of methoxy groups -OCH3 is 1. The lowest BCUT2D eigenvalue weighted by Gasteiger charge is -2.22. The summed E-state index contributed by atoms with van der Waals surface area (Å²) in [6, 6.07) is 9.64. The second-order valence-corrected chi connectivity index (χ2v) is 5.84. The molecule has 5 heteroatoms. The molecule has 0 spiro atoms. The molecule has 0 N–H and O–H groups in total. The van der Waals surface area contributed by atoms with E-state index in [1.54, 1.807) is 7.11 Å². The Morgan fingerprint density at radius 2 is 2.17 bits per heavy atom. The Balaban J connectivity index is 1.69. The lowest BCUT2D eigenvalue weighted by atomic mass is 10.1. The Kier molecular flexibility index (Phi) is 4.65. The number of hydrogen-bond donors (Lipinski definition) is 0. The van der Waals surface area contributed by atoms with Gasteiger partial charge in [-0.2, -0.15) is 0 Å². The number of benzene rings is 1. The van der Waals surface area contributed by atoms with E-state index in [1.807, 2.05) is 42.2 Å². The van der Waals surface area contributed by atoms with Crippen LogP contribution in [0.15, 0.2) is 34.9 Å². The molecule has 2 heterocycles. The van der Waals surface area contributed by atoms with Crippen molar-refractivity contribution < 1.29 is 14.1 Å². The number of carbonyl (C=O) groups is 1. The van der Waals surface area contributed by atoms with Crippen LogP contribution < -0.4 is 4.74 Å². The molecule has 1 saturated heterocycles. The molecule has 1 fully saturated rings. The van der Waals surface area contributed by atoms with Crippen LogP contribution in [0.3, 0.4) is 0 Å². The van der Waals surface area contributed by atoms with Gasteiger partial charge in [-0.15, -0.1) is 0 Å². The summed E-state index contributed by atoms with van der Waals surface area (Å²) in [5, 5.41) is 4.05. The van der Waals surface area contributed by atoms with Crippen molar-refractivity contribution in [2.45, 2.75) is 38.6 Å². The van der Waals surface area contributed by atoms with Gasteiger partial charge in [-0.3, -0.25) is 4.79 Å². The van der Waals surface area contributed by atoms with Gasteiger partial charge in [-0.1, -0.05) is 24.2 Å². The number of nitrogens with zero attached hydrogens (tertiary/aromatic N) is 2. The van der Waals surface area contributed by atoms with Crippen molar-refractivity contribution in [1.29, 1.82) is 0 Å². The molecule has 0 aliphatic carbocycles. The van der Waals surface area contributed by atoms with Gasteiger partial charge in [0.2, 0.25) is 5.91 Å². The predicted molar refractivity (Wildman–Crippen MR) is 86.3 cm³/mol. The van der Waals surface area contributed by atoms with E-state index < -0.39 is 0 Å². The van der Waals surface area contributed by atoms with Gasteiger partial charge in [0.1, 0.15) is 5.75 Å². The molecular formula is C18H22N2O3. The Bertz CT molecular complexity index is 663. The van der Waals surface area contributed by atoms with E-state index in [-0.39, 0.29) is 11.9 Å². The van der Waals surface area contributed by atoms with E-state index in [2.05, 4.69) is 5.16 Å². The standard InChI is InChI=1S/C18H22N2O3/c1-3-14-12-17(23-19-14)16-5-4-10-20(16)18(21)11-13-6-8-15(22-2)9-7-13/h6-9,12,16H,3-5,10-11H2,1-2H3/t16-/m1/s1. The molecule has 1 aliphatic heterocycles. The summed E-state index contributed by atoms with van der Waals surface area (Å²) in [5.74, 6) is 1.74. The average Bonchev–Trinajstić information content (AvgIpc) is 3.24. The van der Waals surface area contributed by atoms with E-state index in [9.17, 15) is 4.79 Å². The Morgan fingerprint density at radius 3 is 2.83 bits per heavy atom. The molecule has 122 valence electrons. The third-order valence-corrected chi connectivity index (χ3v) is 4.36. The number of ether oxygens (including phenoxy) is 1. The molecule has 3 rings (SSSR count). The number of hydrogen-bond acceptors (Lipinski definition) is 4. The van der Waals surface area contributed by atoms with Crippen molar-refractivity contribution >= 4 is 5.91 Å². The van der Waals surface area contributed by atoms with Crippen LogP contribution in [0.4, 0.5) is 0 Å². The first-order valence-corrected chi connectivity index (χ1v) is 8.09. The third-order valence-electron chi connectivity index (χ3n) is 4.36. The molecular weight excluding hydrogens is 292 g/mol. The van der Waals surface area contributed by atoms with Crippen LogP contribution in [0.2, 0.25) is 0 Å². The van der Waals surface area contributed by atoms with E-state index in [1.165, 1.54) is 0 Å². The van der Waals surface area contributed by atoms with Gasteiger partial charge in [0.15, 0.2) is 5.76 Å². The van der Waals surface area contributed by atoms with Gasteiger partial charge in [0, 0.05) is 12.6 Å². The van der Waals surface area contributed by atoms with Crippen LogP contribution >= 0.6 is 0 Å². The first kappa shape index (κ1) is 15.6. The fourth-order valence-corrected chi connectivity index (χ4v) is 3.03. The van der Waals surface area contributed by atoms with Crippen molar-refractivity contribution in [2.24, 2.45) is 0 Å². The molecule has 1 aromatic carbocycles. The highest BCUT2D eigenvalue weighted by atomic mass is 16.5. The molecule has 0 unspecified atom stereocenters. The number of likely N-dealkylation sites (tertiary alicyclic amines) is 1. The van der Waals surface area contributed by atoms with Gasteiger partial charge in [-0.25, -0.2) is 0 Å². The summed E-state index contributed by atoms with van der Waals surface area (Å²) in [7, 11) is 1.64. The van der Waals surface area contributed by atoms with Gasteiger partial charge in [0.25, 0.3) is 0 Å². The minimum atomic E-state index is 0.0218. The smallest absolute Gasteiger partial charge is 0.227 e. The lowest BCUT2D eigenvalue weighted by molar-refractivity contribution is -0.131. The number of aromatic nitrogens is 1. The summed E-state index contributed by atoms with van der Waals surface area (Å²) in [5.41, 5.74) is 1.93. The highest BCUT2D eigenvalue weighted by molar-refractivity contribution is 5.79. The zero-order valence-corrected chi connectivity index (χ0v) is 13.6. The predicted octanol–water partition coefficient (Wildman–Crippen LogP) is 3.15.